The van der Waals surface area contributed by atoms with Gasteiger partial charge >= 0.3 is 5.97 Å². The highest BCUT2D eigenvalue weighted by Crippen LogP contribution is 2.32. The van der Waals surface area contributed by atoms with E-state index in [2.05, 4.69) is 12.2 Å². The molecule has 8 heteroatoms. The van der Waals surface area contributed by atoms with Crippen molar-refractivity contribution >= 4 is 5.97 Å². The van der Waals surface area contributed by atoms with E-state index in [1.807, 2.05) is 60.7 Å². The first-order valence-electron chi connectivity index (χ1n) is 14.9. The lowest BCUT2D eigenvalue weighted by atomic mass is 9.95. The Hall–Kier alpha value is -2.59. The molecule has 5 atom stereocenters. The van der Waals surface area contributed by atoms with Crippen LogP contribution in [0.25, 0.3) is 0 Å². The number of esters is 1. The fraction of sp³-hybridized carbons (Fsp3) is 0.559. The van der Waals surface area contributed by atoms with Crippen LogP contribution < -0.4 is 0 Å². The Balaban J connectivity index is 1.79. The Bertz CT molecular complexity index is 1040. The third-order valence-electron chi connectivity index (χ3n) is 6.88. The Morgan fingerprint density at radius 1 is 0.810 bits per heavy atom. The molecule has 3 rings (SSSR count). The summed E-state index contributed by atoms with van der Waals surface area (Å²) in [6.07, 6.45) is 3.77. The van der Waals surface area contributed by atoms with Crippen LogP contribution in [0.2, 0.25) is 0 Å². The zero-order valence-corrected chi connectivity index (χ0v) is 25.5. The van der Waals surface area contributed by atoms with Crippen molar-refractivity contribution in [3.63, 3.8) is 0 Å². The lowest BCUT2D eigenvalue weighted by molar-refractivity contribution is -0.320. The average molecular weight is 585 g/mol. The van der Waals surface area contributed by atoms with Crippen LogP contribution in [0.4, 0.5) is 0 Å². The minimum atomic E-state index is -0.934. The second-order valence-electron chi connectivity index (χ2n) is 11.5. The fourth-order valence-electron chi connectivity index (χ4n) is 4.49. The summed E-state index contributed by atoms with van der Waals surface area (Å²) in [6.45, 7) is 6.76. The Kier molecular flexibility index (Phi) is 14.7. The normalized spacial score (nSPS) is 22.8. The van der Waals surface area contributed by atoms with Gasteiger partial charge < -0.3 is 33.5 Å². The number of rotatable bonds is 17. The maximum absolute atomic E-state index is 13.2. The molecule has 0 aliphatic carbocycles. The molecule has 1 aliphatic rings. The molecule has 1 saturated heterocycles. The number of ether oxygens (including phenoxy) is 6. The van der Waals surface area contributed by atoms with E-state index in [4.69, 9.17) is 28.4 Å². The molecule has 0 aromatic heterocycles. The number of aliphatic hydroxyl groups excluding tert-OH is 1. The number of unbranched alkanes of at least 4 members (excludes halogenated alkanes) is 2. The number of aliphatic hydroxyl groups is 1. The Labute approximate surface area is 250 Å². The van der Waals surface area contributed by atoms with Gasteiger partial charge in [-0.1, -0.05) is 72.8 Å². The molecule has 8 nitrogen and oxygen atoms in total. The first kappa shape index (κ1) is 33.9. The Morgan fingerprint density at radius 2 is 1.36 bits per heavy atom. The molecular weight excluding hydrogens is 536 g/mol. The molecule has 1 heterocycles. The second kappa shape index (κ2) is 18.2. The van der Waals surface area contributed by atoms with Crippen molar-refractivity contribution in [2.75, 3.05) is 26.9 Å². The van der Waals surface area contributed by atoms with E-state index < -0.39 is 42.1 Å². The molecule has 0 radical (unpaired) electrons. The summed E-state index contributed by atoms with van der Waals surface area (Å²) in [7, 11) is 1.71. The highest BCUT2D eigenvalue weighted by molar-refractivity contribution is 5.75. The summed E-state index contributed by atoms with van der Waals surface area (Å²) in [6, 6.07) is 19.5. The van der Waals surface area contributed by atoms with Crippen molar-refractivity contribution < 1.29 is 38.3 Å². The van der Waals surface area contributed by atoms with Crippen LogP contribution >= 0.6 is 0 Å². The molecule has 1 N–H and O–H groups in total. The molecule has 2 aromatic rings. The zero-order valence-electron chi connectivity index (χ0n) is 25.5. The molecule has 0 amide bonds. The van der Waals surface area contributed by atoms with Crippen molar-refractivity contribution in [3.05, 3.63) is 83.9 Å². The largest absolute Gasteiger partial charge is 0.454 e. The lowest BCUT2D eigenvalue weighted by Crippen LogP contribution is -2.62. The third kappa shape index (κ3) is 11.2. The van der Waals surface area contributed by atoms with Crippen LogP contribution in [-0.2, 0) is 46.4 Å². The van der Waals surface area contributed by atoms with Gasteiger partial charge in [-0.2, -0.15) is 0 Å². The van der Waals surface area contributed by atoms with Gasteiger partial charge in [0.25, 0.3) is 0 Å². The fourth-order valence-corrected chi connectivity index (χ4v) is 4.49. The molecule has 232 valence electrons. The Morgan fingerprint density at radius 3 is 1.88 bits per heavy atom. The molecule has 2 unspecified atom stereocenters. The van der Waals surface area contributed by atoms with Crippen molar-refractivity contribution in [2.45, 2.75) is 90.4 Å². The smallest absolute Gasteiger partial charge is 0.311 e. The number of methoxy groups -OCH3 is 1. The first-order valence-corrected chi connectivity index (χ1v) is 14.9. The van der Waals surface area contributed by atoms with Gasteiger partial charge in [0.1, 0.15) is 18.3 Å². The van der Waals surface area contributed by atoms with Gasteiger partial charge in [-0.25, -0.2) is 0 Å². The van der Waals surface area contributed by atoms with Crippen molar-refractivity contribution in [3.8, 4) is 0 Å². The van der Waals surface area contributed by atoms with Gasteiger partial charge in [0, 0.05) is 13.7 Å². The summed E-state index contributed by atoms with van der Waals surface area (Å²) >= 11 is 0. The molecular formula is C34H48O8. The van der Waals surface area contributed by atoms with E-state index in [-0.39, 0.29) is 19.8 Å². The van der Waals surface area contributed by atoms with E-state index in [1.54, 1.807) is 27.9 Å². The SMILES string of the molecule is COCCC/C=C\CCCO[C@@H]1OC(CO)[C@@H](OCc2ccccc2)[C@H](OCc2ccccc2)C1OC(=O)C(C)(C)C. The minimum Gasteiger partial charge on any atom is -0.454 e. The molecule has 42 heavy (non-hydrogen) atoms. The summed E-state index contributed by atoms with van der Waals surface area (Å²) < 4.78 is 36.4. The minimum absolute atomic E-state index is 0.263. The lowest BCUT2D eigenvalue weighted by Gasteiger charge is -2.45. The first-order chi connectivity index (χ1) is 20.3. The number of carbonyl (C=O) groups excluding carboxylic acids is 1. The molecule has 2 aromatic carbocycles. The van der Waals surface area contributed by atoms with Crippen LogP contribution in [0, 0.1) is 5.41 Å². The topological polar surface area (TPSA) is 92.7 Å². The van der Waals surface area contributed by atoms with E-state index in [0.717, 1.165) is 43.4 Å². The predicted octanol–water partition coefficient (Wildman–Crippen LogP) is 5.61. The van der Waals surface area contributed by atoms with Crippen LogP contribution in [0.1, 0.15) is 57.6 Å². The predicted molar refractivity (Wildman–Crippen MR) is 161 cm³/mol. The third-order valence-corrected chi connectivity index (χ3v) is 6.88. The summed E-state index contributed by atoms with van der Waals surface area (Å²) in [5, 5.41) is 10.4. The molecule has 1 fully saturated rings. The molecule has 0 bridgehead atoms. The van der Waals surface area contributed by atoms with Crippen molar-refractivity contribution in [1.82, 2.24) is 0 Å². The molecule has 0 saturated carbocycles. The standard InChI is InChI=1S/C34H48O8/c1-34(2,3)33(36)42-31-30(40-25-27-19-13-10-14-20-27)29(39-24-26-17-11-9-12-18-26)28(23-35)41-32(31)38-22-16-8-6-5-7-15-21-37-4/h5-6,9-14,17-20,28-32,35H,7-8,15-16,21-25H2,1-4H3/b6-5-/t28?,29-,30+,31?,32-/m1/s1. The van der Waals surface area contributed by atoms with Crippen LogP contribution in [0.3, 0.4) is 0 Å². The van der Waals surface area contributed by atoms with Crippen LogP contribution in [-0.4, -0.2) is 68.7 Å². The van der Waals surface area contributed by atoms with Gasteiger partial charge in [-0.15, -0.1) is 0 Å². The zero-order chi connectivity index (χ0) is 30.2. The van der Waals surface area contributed by atoms with Gasteiger partial charge in [-0.3, -0.25) is 4.79 Å². The van der Waals surface area contributed by atoms with Crippen LogP contribution in [0.15, 0.2) is 72.8 Å². The van der Waals surface area contributed by atoms with E-state index in [1.165, 1.54) is 0 Å². The number of carbonyl (C=O) groups is 1. The van der Waals surface area contributed by atoms with E-state index >= 15 is 0 Å². The molecule has 0 spiro atoms. The molecule has 1 aliphatic heterocycles. The van der Waals surface area contributed by atoms with E-state index in [9.17, 15) is 9.90 Å². The van der Waals surface area contributed by atoms with Gasteiger partial charge in [0.2, 0.25) is 0 Å². The number of hydrogen-bond acceptors (Lipinski definition) is 8. The van der Waals surface area contributed by atoms with Gasteiger partial charge in [0.05, 0.1) is 31.8 Å². The monoisotopic (exact) mass is 584 g/mol. The highest BCUT2D eigenvalue weighted by Gasteiger charge is 2.50. The quantitative estimate of drug-likeness (QED) is 0.146. The average Bonchev–Trinajstić information content (AvgIpc) is 2.99. The van der Waals surface area contributed by atoms with Crippen molar-refractivity contribution in [2.24, 2.45) is 5.41 Å². The summed E-state index contributed by atoms with van der Waals surface area (Å²) in [4.78, 5) is 13.2. The highest BCUT2D eigenvalue weighted by atomic mass is 16.7. The van der Waals surface area contributed by atoms with Gasteiger partial charge in [-0.05, 0) is 57.6 Å². The van der Waals surface area contributed by atoms with Gasteiger partial charge in [0.15, 0.2) is 12.4 Å². The summed E-state index contributed by atoms with van der Waals surface area (Å²) in [5.74, 6) is -0.402. The number of hydrogen-bond donors (Lipinski definition) is 1. The number of benzene rings is 2. The van der Waals surface area contributed by atoms with Crippen LogP contribution in [0.5, 0.6) is 0 Å². The summed E-state index contributed by atoms with van der Waals surface area (Å²) in [5.41, 5.74) is 1.17. The van der Waals surface area contributed by atoms with E-state index in [0.29, 0.717) is 6.61 Å². The number of allylic oxidation sites excluding steroid dienone is 2. The van der Waals surface area contributed by atoms with Crippen molar-refractivity contribution in [1.29, 1.82) is 0 Å². The second-order valence-corrected chi connectivity index (χ2v) is 11.5. The maximum Gasteiger partial charge on any atom is 0.311 e. The maximum atomic E-state index is 13.2.